The van der Waals surface area contributed by atoms with Gasteiger partial charge in [0.2, 0.25) is 0 Å². The van der Waals surface area contributed by atoms with Gasteiger partial charge in [-0.3, -0.25) is 25.2 Å². The Bertz CT molecular complexity index is 1120. The Balaban J connectivity index is 1.68. The van der Waals surface area contributed by atoms with Gasteiger partial charge in [0.05, 0.1) is 0 Å². The zero-order valence-corrected chi connectivity index (χ0v) is 18.1. The highest BCUT2D eigenvalue weighted by Gasteiger charge is 2.24. The van der Waals surface area contributed by atoms with Crippen molar-refractivity contribution in [3.05, 3.63) is 71.0 Å². The van der Waals surface area contributed by atoms with Gasteiger partial charge in [0.1, 0.15) is 11.6 Å². The molecule has 7 heteroatoms. The fraction of sp³-hybridized carbons (Fsp3) is 0.292. The molecule has 0 aliphatic heterocycles. The summed E-state index contributed by atoms with van der Waals surface area (Å²) in [5, 5.41) is 3.61. The van der Waals surface area contributed by atoms with Crippen LogP contribution in [-0.4, -0.2) is 23.8 Å². The highest BCUT2D eigenvalue weighted by atomic mass is 16.3. The van der Waals surface area contributed by atoms with Crippen LogP contribution in [0, 0.1) is 19.8 Å². The number of amides is 3. The van der Waals surface area contributed by atoms with Gasteiger partial charge in [-0.2, -0.15) is 0 Å². The Morgan fingerprint density at radius 3 is 2.26 bits per heavy atom. The lowest BCUT2D eigenvalue weighted by atomic mass is 10.0. The maximum Gasteiger partial charge on any atom is 0.305 e. The third-order valence-corrected chi connectivity index (χ3v) is 5.07. The van der Waals surface area contributed by atoms with Crippen LogP contribution < -0.4 is 16.2 Å². The third kappa shape index (κ3) is 5.12. The maximum absolute atomic E-state index is 12.8. The van der Waals surface area contributed by atoms with Crippen molar-refractivity contribution in [3.63, 3.8) is 0 Å². The summed E-state index contributed by atoms with van der Waals surface area (Å²) in [6.07, 6.45) is 0.420. The van der Waals surface area contributed by atoms with E-state index in [1.807, 2.05) is 51.1 Å². The second kappa shape index (κ2) is 9.47. The zero-order chi connectivity index (χ0) is 22.5. The molecular weight excluding hydrogens is 394 g/mol. The van der Waals surface area contributed by atoms with Crippen LogP contribution in [0.2, 0.25) is 0 Å². The molecule has 31 heavy (non-hydrogen) atoms. The number of carbonyl (C=O) groups excluding carboxylic acids is 3. The van der Waals surface area contributed by atoms with Crippen LogP contribution in [0.5, 0.6) is 0 Å². The first-order valence-electron chi connectivity index (χ1n) is 10.2. The normalized spacial score (nSPS) is 11.9. The number of carbonyl (C=O) groups is 3. The van der Waals surface area contributed by atoms with Crippen LogP contribution >= 0.6 is 0 Å². The van der Waals surface area contributed by atoms with Gasteiger partial charge in [-0.1, -0.05) is 50.2 Å². The summed E-state index contributed by atoms with van der Waals surface area (Å²) < 4.78 is 5.62. The maximum atomic E-state index is 12.8. The number of fused-ring (bicyclic) bond motifs is 1. The van der Waals surface area contributed by atoms with Crippen molar-refractivity contribution >= 4 is 28.7 Å². The molecule has 3 rings (SSSR count). The summed E-state index contributed by atoms with van der Waals surface area (Å²) in [5.74, 6) is -1.11. The summed E-state index contributed by atoms with van der Waals surface area (Å²) >= 11 is 0. The highest BCUT2D eigenvalue weighted by Crippen LogP contribution is 2.24. The number of nitrogens with one attached hydrogen (secondary N) is 3. The van der Waals surface area contributed by atoms with Crippen molar-refractivity contribution in [2.24, 2.45) is 5.92 Å². The van der Waals surface area contributed by atoms with Gasteiger partial charge in [-0.25, -0.2) is 0 Å². The molecule has 1 heterocycles. The number of furan rings is 1. The minimum absolute atomic E-state index is 0.130. The first-order chi connectivity index (χ1) is 14.8. The van der Waals surface area contributed by atoms with Crippen molar-refractivity contribution in [2.45, 2.75) is 40.2 Å². The molecule has 1 aromatic heterocycles. The van der Waals surface area contributed by atoms with Crippen molar-refractivity contribution in [2.75, 3.05) is 0 Å². The Kier molecular flexibility index (Phi) is 6.74. The predicted molar refractivity (Wildman–Crippen MR) is 118 cm³/mol. The van der Waals surface area contributed by atoms with Crippen LogP contribution in [-0.2, 0) is 4.79 Å². The van der Waals surface area contributed by atoms with Crippen LogP contribution in [0.3, 0.4) is 0 Å². The molecule has 0 saturated carbocycles. The molecule has 0 bridgehead atoms. The number of para-hydroxylation sites is 1. The Labute approximate surface area is 181 Å². The SMILES string of the molecule is Cc1ccccc1C(=O)N[C@@H](CC(C)C)C(=O)NNC(=O)c1oc2ccccc2c1C. The lowest BCUT2D eigenvalue weighted by molar-refractivity contribution is -0.124. The van der Waals surface area contributed by atoms with E-state index in [1.165, 1.54) is 0 Å². The van der Waals surface area contributed by atoms with Gasteiger partial charge in [-0.15, -0.1) is 0 Å². The Hall–Kier alpha value is -3.61. The van der Waals surface area contributed by atoms with Gasteiger partial charge < -0.3 is 9.73 Å². The molecule has 0 saturated heterocycles. The van der Waals surface area contributed by atoms with Gasteiger partial charge in [0.15, 0.2) is 5.76 Å². The van der Waals surface area contributed by atoms with Crippen LogP contribution in [0.25, 0.3) is 11.0 Å². The first kappa shape index (κ1) is 22.1. The summed E-state index contributed by atoms with van der Waals surface area (Å²) in [4.78, 5) is 38.0. The summed E-state index contributed by atoms with van der Waals surface area (Å²) in [6.45, 7) is 7.53. The number of hydrazine groups is 1. The molecule has 3 aromatic rings. The van der Waals surface area contributed by atoms with E-state index < -0.39 is 17.9 Å². The zero-order valence-electron chi connectivity index (χ0n) is 18.1. The smallest absolute Gasteiger partial charge is 0.305 e. The number of aryl methyl sites for hydroxylation is 2. The van der Waals surface area contributed by atoms with E-state index in [-0.39, 0.29) is 17.6 Å². The third-order valence-electron chi connectivity index (χ3n) is 5.07. The first-order valence-corrected chi connectivity index (χ1v) is 10.2. The number of benzene rings is 2. The lowest BCUT2D eigenvalue weighted by Crippen LogP contribution is -2.52. The summed E-state index contributed by atoms with van der Waals surface area (Å²) in [7, 11) is 0. The second-order valence-corrected chi connectivity index (χ2v) is 7.97. The fourth-order valence-corrected chi connectivity index (χ4v) is 3.42. The molecule has 162 valence electrons. The molecule has 0 unspecified atom stereocenters. The largest absolute Gasteiger partial charge is 0.451 e. The monoisotopic (exact) mass is 421 g/mol. The van der Waals surface area contributed by atoms with E-state index >= 15 is 0 Å². The van der Waals surface area contributed by atoms with Crippen LogP contribution in [0.15, 0.2) is 52.9 Å². The van der Waals surface area contributed by atoms with Gasteiger partial charge in [-0.05, 0) is 43.9 Å². The second-order valence-electron chi connectivity index (χ2n) is 7.97. The van der Waals surface area contributed by atoms with E-state index in [1.54, 1.807) is 25.1 Å². The molecule has 0 fully saturated rings. The van der Waals surface area contributed by atoms with E-state index in [0.717, 1.165) is 10.9 Å². The standard InChI is InChI=1S/C24H27N3O4/c1-14(2)13-19(25-22(28)17-10-6-5-9-15(17)3)23(29)26-27-24(30)21-16(4)18-11-7-8-12-20(18)31-21/h5-12,14,19H,13H2,1-4H3,(H,25,28)(H,26,29)(H,27,30)/t19-/m0/s1. The van der Waals surface area contributed by atoms with E-state index in [0.29, 0.717) is 23.1 Å². The molecule has 0 aliphatic rings. The Morgan fingerprint density at radius 2 is 1.58 bits per heavy atom. The molecular formula is C24H27N3O4. The average molecular weight is 421 g/mol. The van der Waals surface area contributed by atoms with Crippen molar-refractivity contribution in [3.8, 4) is 0 Å². The number of hydrogen-bond acceptors (Lipinski definition) is 4. The molecule has 0 radical (unpaired) electrons. The molecule has 2 aromatic carbocycles. The number of hydrogen-bond donors (Lipinski definition) is 3. The van der Waals surface area contributed by atoms with Gasteiger partial charge >= 0.3 is 5.91 Å². The van der Waals surface area contributed by atoms with Crippen LogP contribution in [0.4, 0.5) is 0 Å². The topological polar surface area (TPSA) is 100 Å². The molecule has 3 amide bonds. The molecule has 3 N–H and O–H groups in total. The van der Waals surface area contributed by atoms with Gasteiger partial charge in [0, 0.05) is 16.5 Å². The summed E-state index contributed by atoms with van der Waals surface area (Å²) in [6, 6.07) is 13.7. The minimum Gasteiger partial charge on any atom is -0.451 e. The molecule has 1 atom stereocenters. The number of rotatable bonds is 6. The Morgan fingerprint density at radius 1 is 0.903 bits per heavy atom. The quantitative estimate of drug-likeness (QED) is 0.529. The van der Waals surface area contributed by atoms with Crippen LogP contribution in [0.1, 0.15) is 52.3 Å². The lowest BCUT2D eigenvalue weighted by Gasteiger charge is -2.20. The highest BCUT2D eigenvalue weighted by molar-refractivity contribution is 6.01. The van der Waals surface area contributed by atoms with Gasteiger partial charge in [0.25, 0.3) is 11.8 Å². The van der Waals surface area contributed by atoms with E-state index in [2.05, 4.69) is 16.2 Å². The average Bonchev–Trinajstić information content (AvgIpc) is 3.08. The molecule has 0 spiro atoms. The summed E-state index contributed by atoms with van der Waals surface area (Å²) in [5.41, 5.74) is 7.42. The fourth-order valence-electron chi connectivity index (χ4n) is 3.42. The van der Waals surface area contributed by atoms with Crippen molar-refractivity contribution in [1.29, 1.82) is 0 Å². The van der Waals surface area contributed by atoms with Crippen molar-refractivity contribution < 1.29 is 18.8 Å². The molecule has 0 aliphatic carbocycles. The predicted octanol–water partition coefficient (Wildman–Crippen LogP) is 3.66. The minimum atomic E-state index is -0.802. The van der Waals surface area contributed by atoms with E-state index in [4.69, 9.17) is 4.42 Å². The van der Waals surface area contributed by atoms with E-state index in [9.17, 15) is 14.4 Å². The molecule has 7 nitrogen and oxygen atoms in total. The van der Waals surface area contributed by atoms with Crippen molar-refractivity contribution in [1.82, 2.24) is 16.2 Å².